The number of fused-ring (bicyclic) bond motifs is 1. The van der Waals surface area contributed by atoms with Crippen LogP contribution in [0.5, 0.6) is 0 Å². The van der Waals surface area contributed by atoms with E-state index in [9.17, 15) is 8.42 Å². The van der Waals surface area contributed by atoms with E-state index in [0.29, 0.717) is 31.0 Å². The van der Waals surface area contributed by atoms with Gasteiger partial charge in [-0.2, -0.15) is 5.10 Å². The molecule has 1 aliphatic heterocycles. The van der Waals surface area contributed by atoms with E-state index in [0.717, 1.165) is 11.4 Å². The Morgan fingerprint density at radius 1 is 1.28 bits per heavy atom. The Kier molecular flexibility index (Phi) is 3.89. The van der Waals surface area contributed by atoms with Crippen LogP contribution in [0, 0.1) is 6.92 Å². The van der Waals surface area contributed by atoms with Gasteiger partial charge in [-0.15, -0.1) is 0 Å². The van der Waals surface area contributed by atoms with Gasteiger partial charge in [0.1, 0.15) is 24.1 Å². The summed E-state index contributed by atoms with van der Waals surface area (Å²) in [5.74, 6) is 1.46. The Hall–Kier alpha value is -2.52. The minimum atomic E-state index is -3.59. The Balaban J connectivity index is 1.50. The van der Waals surface area contributed by atoms with Gasteiger partial charge < -0.3 is 4.42 Å². The SMILES string of the molecule is Cc1nc(-c2ccc(S(=O)(=O)N[C@H]3CCc4ncnn4C3)cc2)co1. The molecule has 2 aromatic heterocycles. The second kappa shape index (κ2) is 6.08. The second-order valence-corrected chi connectivity index (χ2v) is 7.71. The molecular formula is C16H17N5O3S. The molecule has 1 aliphatic rings. The van der Waals surface area contributed by atoms with E-state index in [1.165, 1.54) is 6.33 Å². The maximum Gasteiger partial charge on any atom is 0.240 e. The van der Waals surface area contributed by atoms with Crippen LogP contribution in [-0.4, -0.2) is 34.2 Å². The Morgan fingerprint density at radius 2 is 2.08 bits per heavy atom. The quantitative estimate of drug-likeness (QED) is 0.758. The van der Waals surface area contributed by atoms with Gasteiger partial charge >= 0.3 is 0 Å². The molecule has 0 unspecified atom stereocenters. The monoisotopic (exact) mass is 359 g/mol. The topological polar surface area (TPSA) is 103 Å². The van der Waals surface area contributed by atoms with Crippen molar-refractivity contribution in [2.24, 2.45) is 0 Å². The van der Waals surface area contributed by atoms with Gasteiger partial charge in [0.15, 0.2) is 5.89 Å². The molecule has 25 heavy (non-hydrogen) atoms. The van der Waals surface area contributed by atoms with Gasteiger partial charge in [0.2, 0.25) is 10.0 Å². The molecule has 0 bridgehead atoms. The highest BCUT2D eigenvalue weighted by Crippen LogP contribution is 2.21. The number of rotatable bonds is 4. The molecule has 4 rings (SSSR count). The summed E-state index contributed by atoms with van der Waals surface area (Å²) in [7, 11) is -3.59. The summed E-state index contributed by atoms with van der Waals surface area (Å²) in [6, 6.07) is 6.40. The first-order valence-corrected chi connectivity index (χ1v) is 9.41. The molecule has 1 aromatic carbocycles. The fourth-order valence-electron chi connectivity index (χ4n) is 2.92. The fraction of sp³-hybridized carbons (Fsp3) is 0.312. The van der Waals surface area contributed by atoms with E-state index in [2.05, 4.69) is 19.8 Å². The number of aromatic nitrogens is 4. The molecular weight excluding hydrogens is 342 g/mol. The molecule has 1 atom stereocenters. The summed E-state index contributed by atoms with van der Waals surface area (Å²) >= 11 is 0. The van der Waals surface area contributed by atoms with Crippen LogP contribution in [0.15, 0.2) is 46.2 Å². The maximum atomic E-state index is 12.6. The van der Waals surface area contributed by atoms with Crippen molar-refractivity contribution in [2.45, 2.75) is 37.2 Å². The normalized spacial score (nSPS) is 17.4. The molecule has 3 heterocycles. The molecule has 1 N–H and O–H groups in total. The zero-order valence-corrected chi connectivity index (χ0v) is 14.4. The molecule has 0 saturated heterocycles. The van der Waals surface area contributed by atoms with Crippen LogP contribution < -0.4 is 4.72 Å². The minimum absolute atomic E-state index is 0.197. The van der Waals surface area contributed by atoms with Gasteiger partial charge in [-0.05, 0) is 18.6 Å². The number of sulfonamides is 1. The predicted molar refractivity (Wildman–Crippen MR) is 89.1 cm³/mol. The van der Waals surface area contributed by atoms with Crippen LogP contribution in [0.4, 0.5) is 0 Å². The number of hydrogen-bond donors (Lipinski definition) is 1. The summed E-state index contributed by atoms with van der Waals surface area (Å²) in [5.41, 5.74) is 1.49. The standard InChI is InChI=1S/C16H17N5O3S/c1-11-19-15(9-24-11)12-2-5-14(6-3-12)25(22,23)20-13-4-7-16-17-10-18-21(16)8-13/h2-3,5-6,9-10,13,20H,4,7-8H2,1H3/t13-/m0/s1. The average Bonchev–Trinajstić information content (AvgIpc) is 3.23. The van der Waals surface area contributed by atoms with Crippen LogP contribution >= 0.6 is 0 Å². The van der Waals surface area contributed by atoms with Crippen molar-refractivity contribution in [1.29, 1.82) is 0 Å². The molecule has 0 radical (unpaired) electrons. The lowest BCUT2D eigenvalue weighted by atomic mass is 10.1. The van der Waals surface area contributed by atoms with Crippen molar-refractivity contribution < 1.29 is 12.8 Å². The van der Waals surface area contributed by atoms with Gasteiger partial charge in [0.25, 0.3) is 0 Å². The molecule has 0 saturated carbocycles. The second-order valence-electron chi connectivity index (χ2n) is 5.99. The minimum Gasteiger partial charge on any atom is -0.449 e. The maximum absolute atomic E-state index is 12.6. The molecule has 8 nitrogen and oxygen atoms in total. The highest BCUT2D eigenvalue weighted by Gasteiger charge is 2.25. The Morgan fingerprint density at radius 3 is 2.80 bits per heavy atom. The number of benzene rings is 1. The first kappa shape index (κ1) is 16.0. The van der Waals surface area contributed by atoms with Crippen LogP contribution in [0.2, 0.25) is 0 Å². The lowest BCUT2D eigenvalue weighted by molar-refractivity contribution is 0.395. The van der Waals surface area contributed by atoms with Gasteiger partial charge in [-0.3, -0.25) is 0 Å². The molecule has 0 fully saturated rings. The number of nitrogens with zero attached hydrogens (tertiary/aromatic N) is 4. The van der Waals surface area contributed by atoms with Crippen molar-refractivity contribution in [3.8, 4) is 11.3 Å². The van der Waals surface area contributed by atoms with E-state index >= 15 is 0 Å². The van der Waals surface area contributed by atoms with Gasteiger partial charge in [-0.25, -0.2) is 27.8 Å². The third-order valence-corrected chi connectivity index (χ3v) is 5.74. The summed E-state index contributed by atoms with van der Waals surface area (Å²) in [5, 5.41) is 4.11. The summed E-state index contributed by atoms with van der Waals surface area (Å²) in [6.07, 6.45) is 4.46. The summed E-state index contributed by atoms with van der Waals surface area (Å²) in [6.45, 7) is 2.25. The van der Waals surface area contributed by atoms with E-state index < -0.39 is 10.0 Å². The van der Waals surface area contributed by atoms with E-state index in [1.807, 2.05) is 0 Å². The zero-order valence-electron chi connectivity index (χ0n) is 13.6. The number of hydrogen-bond acceptors (Lipinski definition) is 6. The predicted octanol–water partition coefficient (Wildman–Crippen LogP) is 1.53. The summed E-state index contributed by atoms with van der Waals surface area (Å²) in [4.78, 5) is 8.61. The molecule has 3 aromatic rings. The third kappa shape index (κ3) is 3.20. The Bertz CT molecular complexity index is 991. The lowest BCUT2D eigenvalue weighted by Crippen LogP contribution is -2.41. The molecule has 0 aliphatic carbocycles. The van der Waals surface area contributed by atoms with Crippen LogP contribution in [0.3, 0.4) is 0 Å². The number of oxazole rings is 1. The largest absolute Gasteiger partial charge is 0.449 e. The first-order chi connectivity index (χ1) is 12.0. The van der Waals surface area contributed by atoms with Crippen molar-refractivity contribution in [2.75, 3.05) is 0 Å². The number of aryl methyl sites for hydroxylation is 2. The van der Waals surface area contributed by atoms with E-state index in [4.69, 9.17) is 4.42 Å². The smallest absolute Gasteiger partial charge is 0.240 e. The van der Waals surface area contributed by atoms with Crippen LogP contribution in [0.1, 0.15) is 18.1 Å². The van der Waals surface area contributed by atoms with Gasteiger partial charge in [-0.1, -0.05) is 12.1 Å². The van der Waals surface area contributed by atoms with Crippen LogP contribution in [-0.2, 0) is 23.0 Å². The first-order valence-electron chi connectivity index (χ1n) is 7.93. The van der Waals surface area contributed by atoms with Gasteiger partial charge in [0.05, 0.1) is 11.4 Å². The number of nitrogens with one attached hydrogen (secondary N) is 1. The van der Waals surface area contributed by atoms with Crippen molar-refractivity contribution in [3.63, 3.8) is 0 Å². The zero-order chi connectivity index (χ0) is 17.4. The molecule has 130 valence electrons. The molecule has 0 spiro atoms. The van der Waals surface area contributed by atoms with Crippen molar-refractivity contribution in [3.05, 3.63) is 48.6 Å². The molecule has 9 heteroatoms. The Labute approximate surface area is 145 Å². The summed E-state index contributed by atoms with van der Waals surface area (Å²) < 4.78 is 34.9. The highest BCUT2D eigenvalue weighted by atomic mass is 32.2. The van der Waals surface area contributed by atoms with E-state index in [1.54, 1.807) is 42.1 Å². The van der Waals surface area contributed by atoms with Crippen molar-refractivity contribution in [1.82, 2.24) is 24.5 Å². The lowest BCUT2D eigenvalue weighted by Gasteiger charge is -2.23. The highest BCUT2D eigenvalue weighted by molar-refractivity contribution is 7.89. The van der Waals surface area contributed by atoms with Gasteiger partial charge in [0, 0.05) is 24.9 Å². The van der Waals surface area contributed by atoms with E-state index in [-0.39, 0.29) is 10.9 Å². The van der Waals surface area contributed by atoms with Crippen molar-refractivity contribution >= 4 is 10.0 Å². The van der Waals surface area contributed by atoms with Crippen LogP contribution in [0.25, 0.3) is 11.3 Å². The molecule has 0 amide bonds. The third-order valence-electron chi connectivity index (χ3n) is 4.21. The fourth-order valence-corrected chi connectivity index (χ4v) is 4.18. The average molecular weight is 359 g/mol.